The van der Waals surface area contributed by atoms with Crippen molar-refractivity contribution in [1.82, 2.24) is 10.6 Å². The molecule has 5 heteroatoms. The van der Waals surface area contributed by atoms with Gasteiger partial charge in [-0.05, 0) is 36.7 Å². The van der Waals surface area contributed by atoms with Crippen LogP contribution >= 0.6 is 0 Å². The van der Waals surface area contributed by atoms with E-state index < -0.39 is 0 Å². The first-order chi connectivity index (χ1) is 12.2. The number of hydrogen-bond donors (Lipinski definition) is 3. The van der Waals surface area contributed by atoms with Crippen molar-refractivity contribution >= 4 is 17.5 Å². The fourth-order valence-corrected chi connectivity index (χ4v) is 2.41. The van der Waals surface area contributed by atoms with Crippen LogP contribution in [0.1, 0.15) is 35.7 Å². The highest BCUT2D eigenvalue weighted by Gasteiger charge is 2.07. The summed E-state index contributed by atoms with van der Waals surface area (Å²) in [5, 5.41) is 9.04. The molecule has 0 aliphatic carbocycles. The molecule has 0 spiro atoms. The van der Waals surface area contributed by atoms with Crippen molar-refractivity contribution in [2.75, 3.05) is 18.4 Å². The van der Waals surface area contributed by atoms with Gasteiger partial charge in [-0.2, -0.15) is 0 Å². The summed E-state index contributed by atoms with van der Waals surface area (Å²) in [6, 6.07) is 16.8. The first kappa shape index (κ1) is 18.7. The highest BCUT2D eigenvalue weighted by atomic mass is 16.2. The molecule has 2 amide bonds. The van der Waals surface area contributed by atoms with Crippen molar-refractivity contribution in [1.29, 1.82) is 0 Å². The Bertz CT molecular complexity index is 686. The zero-order chi connectivity index (χ0) is 17.9. The summed E-state index contributed by atoms with van der Waals surface area (Å²) in [5.74, 6) is -0.157. The lowest BCUT2D eigenvalue weighted by atomic mass is 10.1. The number of carbonyl (C=O) groups excluding carboxylic acids is 2. The molecule has 0 radical (unpaired) electrons. The van der Waals surface area contributed by atoms with Crippen molar-refractivity contribution in [3.63, 3.8) is 0 Å². The minimum atomic E-state index is -0.114. The molecule has 2 aromatic rings. The van der Waals surface area contributed by atoms with Crippen LogP contribution in [0.5, 0.6) is 0 Å². The average Bonchev–Trinajstić information content (AvgIpc) is 2.65. The van der Waals surface area contributed by atoms with Gasteiger partial charge in [-0.15, -0.1) is 0 Å². The number of para-hydroxylation sites is 1. The van der Waals surface area contributed by atoms with Crippen LogP contribution in [-0.4, -0.2) is 24.9 Å². The second-order valence-corrected chi connectivity index (χ2v) is 5.71. The molecular formula is C20H25N3O2. The molecule has 132 valence electrons. The Hall–Kier alpha value is -2.66. The van der Waals surface area contributed by atoms with Gasteiger partial charge in [0.1, 0.15) is 0 Å². The molecule has 0 aromatic heterocycles. The Labute approximate surface area is 148 Å². The van der Waals surface area contributed by atoms with E-state index in [0.29, 0.717) is 24.9 Å². The monoisotopic (exact) mass is 339 g/mol. The Kier molecular flexibility index (Phi) is 7.66. The third-order valence-electron chi connectivity index (χ3n) is 3.76. The van der Waals surface area contributed by atoms with Crippen LogP contribution in [0.3, 0.4) is 0 Å². The van der Waals surface area contributed by atoms with Gasteiger partial charge >= 0.3 is 0 Å². The zero-order valence-electron chi connectivity index (χ0n) is 14.5. The number of carbonyl (C=O) groups is 2. The average molecular weight is 339 g/mol. The fourth-order valence-electron chi connectivity index (χ4n) is 2.41. The predicted molar refractivity (Wildman–Crippen MR) is 100 cm³/mol. The summed E-state index contributed by atoms with van der Waals surface area (Å²) in [5.41, 5.74) is 2.53. The van der Waals surface area contributed by atoms with Gasteiger partial charge in [0.15, 0.2) is 0 Å². The lowest BCUT2D eigenvalue weighted by Gasteiger charge is -2.11. The van der Waals surface area contributed by atoms with Crippen LogP contribution in [0.15, 0.2) is 54.6 Å². The molecule has 2 rings (SSSR count). The summed E-state index contributed by atoms with van der Waals surface area (Å²) < 4.78 is 0. The van der Waals surface area contributed by atoms with Crippen LogP contribution in [0, 0.1) is 0 Å². The molecule has 25 heavy (non-hydrogen) atoms. The molecule has 0 atom stereocenters. The van der Waals surface area contributed by atoms with Gasteiger partial charge in [0.25, 0.3) is 5.91 Å². The third kappa shape index (κ3) is 6.39. The smallest absolute Gasteiger partial charge is 0.251 e. The summed E-state index contributed by atoms with van der Waals surface area (Å²) >= 11 is 0. The van der Waals surface area contributed by atoms with Gasteiger partial charge < -0.3 is 16.0 Å². The van der Waals surface area contributed by atoms with Crippen molar-refractivity contribution in [3.8, 4) is 0 Å². The number of anilines is 1. The summed E-state index contributed by atoms with van der Waals surface area (Å²) in [6.07, 6.45) is 0.963. The van der Waals surface area contributed by atoms with E-state index in [4.69, 9.17) is 0 Å². The molecule has 5 nitrogen and oxygen atoms in total. The van der Waals surface area contributed by atoms with E-state index in [2.05, 4.69) is 16.0 Å². The minimum absolute atomic E-state index is 0.0436. The van der Waals surface area contributed by atoms with Gasteiger partial charge in [0.2, 0.25) is 5.91 Å². The second kappa shape index (κ2) is 10.3. The first-order valence-corrected chi connectivity index (χ1v) is 8.62. The van der Waals surface area contributed by atoms with E-state index >= 15 is 0 Å². The van der Waals surface area contributed by atoms with Crippen LogP contribution in [-0.2, 0) is 11.3 Å². The molecule has 0 saturated carbocycles. The molecular weight excluding hydrogens is 314 g/mol. The summed E-state index contributed by atoms with van der Waals surface area (Å²) in [4.78, 5) is 24.0. The highest BCUT2D eigenvalue weighted by Crippen LogP contribution is 2.15. The number of benzene rings is 2. The summed E-state index contributed by atoms with van der Waals surface area (Å²) in [7, 11) is 0. The lowest BCUT2D eigenvalue weighted by molar-refractivity contribution is -0.116. The van der Waals surface area contributed by atoms with Crippen molar-refractivity contribution in [2.24, 2.45) is 0 Å². The van der Waals surface area contributed by atoms with Gasteiger partial charge in [-0.3, -0.25) is 9.59 Å². The number of nitrogens with one attached hydrogen (secondary N) is 3. The van der Waals surface area contributed by atoms with Crippen LogP contribution in [0.25, 0.3) is 0 Å². The second-order valence-electron chi connectivity index (χ2n) is 5.71. The van der Waals surface area contributed by atoms with Gasteiger partial charge in [-0.1, -0.05) is 43.3 Å². The maximum absolute atomic E-state index is 12.1. The molecule has 0 heterocycles. The summed E-state index contributed by atoms with van der Waals surface area (Å²) in [6.45, 7) is 4.12. The maximum Gasteiger partial charge on any atom is 0.251 e. The Morgan fingerprint density at radius 3 is 2.44 bits per heavy atom. The van der Waals surface area contributed by atoms with E-state index in [1.807, 2.05) is 49.4 Å². The van der Waals surface area contributed by atoms with Gasteiger partial charge in [-0.25, -0.2) is 0 Å². The first-order valence-electron chi connectivity index (χ1n) is 8.62. The molecule has 0 aliphatic rings. The predicted octanol–water partition coefficient (Wildman–Crippen LogP) is 2.94. The quantitative estimate of drug-likeness (QED) is 0.615. The van der Waals surface area contributed by atoms with Gasteiger partial charge in [0.05, 0.1) is 0 Å². The number of hydrogen-bond acceptors (Lipinski definition) is 3. The van der Waals surface area contributed by atoms with E-state index in [1.165, 1.54) is 0 Å². The SMILES string of the molecule is CCNCc1ccccc1NC(=O)CCCNC(=O)c1ccccc1. The van der Waals surface area contributed by atoms with E-state index in [9.17, 15) is 9.59 Å². The van der Waals surface area contributed by atoms with E-state index in [-0.39, 0.29) is 11.8 Å². The van der Waals surface area contributed by atoms with Crippen molar-refractivity contribution in [2.45, 2.75) is 26.3 Å². The Balaban J connectivity index is 1.73. The largest absolute Gasteiger partial charge is 0.352 e. The topological polar surface area (TPSA) is 70.2 Å². The third-order valence-corrected chi connectivity index (χ3v) is 3.76. The van der Waals surface area contributed by atoms with E-state index in [0.717, 1.165) is 24.3 Å². The standard InChI is InChI=1S/C20H25N3O2/c1-2-21-15-17-11-6-7-12-18(17)23-19(24)13-8-14-22-20(25)16-9-4-3-5-10-16/h3-7,9-12,21H,2,8,13-15H2,1H3,(H,22,25)(H,23,24). The molecule has 0 bridgehead atoms. The number of rotatable bonds is 9. The van der Waals surface area contributed by atoms with Gasteiger partial charge in [0, 0.05) is 30.8 Å². The Morgan fingerprint density at radius 2 is 1.68 bits per heavy atom. The minimum Gasteiger partial charge on any atom is -0.352 e. The maximum atomic E-state index is 12.1. The molecule has 3 N–H and O–H groups in total. The van der Waals surface area contributed by atoms with E-state index in [1.54, 1.807) is 12.1 Å². The van der Waals surface area contributed by atoms with Crippen LogP contribution < -0.4 is 16.0 Å². The molecule has 0 fully saturated rings. The van der Waals surface area contributed by atoms with Crippen LogP contribution in [0.2, 0.25) is 0 Å². The zero-order valence-corrected chi connectivity index (χ0v) is 14.5. The number of amides is 2. The van der Waals surface area contributed by atoms with Crippen molar-refractivity contribution in [3.05, 3.63) is 65.7 Å². The fraction of sp³-hybridized carbons (Fsp3) is 0.300. The lowest BCUT2D eigenvalue weighted by Crippen LogP contribution is -2.25. The molecule has 0 unspecified atom stereocenters. The molecule has 0 saturated heterocycles. The normalized spacial score (nSPS) is 10.3. The van der Waals surface area contributed by atoms with Crippen LogP contribution in [0.4, 0.5) is 5.69 Å². The molecule has 2 aromatic carbocycles. The van der Waals surface area contributed by atoms with Crippen molar-refractivity contribution < 1.29 is 9.59 Å². The molecule has 0 aliphatic heterocycles. The highest BCUT2D eigenvalue weighted by molar-refractivity contribution is 5.94. The Morgan fingerprint density at radius 1 is 0.960 bits per heavy atom.